The van der Waals surface area contributed by atoms with Gasteiger partial charge in [-0.1, -0.05) is 127 Å². The van der Waals surface area contributed by atoms with Gasteiger partial charge >= 0.3 is 0 Å². The number of benzene rings is 5. The van der Waals surface area contributed by atoms with Crippen LogP contribution >= 0.6 is 11.8 Å². The van der Waals surface area contributed by atoms with E-state index in [1.54, 1.807) is 0 Å². The van der Waals surface area contributed by atoms with Crippen molar-refractivity contribution >= 4 is 46.4 Å². The fourth-order valence-electron chi connectivity index (χ4n) is 5.18. The summed E-state index contributed by atoms with van der Waals surface area (Å²) in [6, 6.07) is 46.3. The minimum Gasteiger partial charge on any atom is -0.340 e. The zero-order valence-corrected chi connectivity index (χ0v) is 23.1. The molecule has 0 aliphatic carbocycles. The summed E-state index contributed by atoms with van der Waals surface area (Å²) < 4.78 is 0. The van der Waals surface area contributed by atoms with Gasteiger partial charge < -0.3 is 4.90 Å². The second-order valence-corrected chi connectivity index (χ2v) is 10.7. The zero-order chi connectivity index (χ0) is 27.3. The van der Waals surface area contributed by atoms with Crippen molar-refractivity contribution in [2.24, 2.45) is 0 Å². The van der Waals surface area contributed by atoms with Crippen molar-refractivity contribution in [2.45, 2.75) is 16.7 Å². The van der Waals surface area contributed by atoms with Gasteiger partial charge in [-0.15, -0.1) is 0 Å². The third-order valence-electron chi connectivity index (χ3n) is 7.12. The fourth-order valence-corrected chi connectivity index (χ4v) is 6.32. The highest BCUT2D eigenvalue weighted by atomic mass is 32.2. The lowest BCUT2D eigenvalue weighted by atomic mass is 9.90. The zero-order valence-electron chi connectivity index (χ0n) is 22.3. The molecule has 5 aromatic rings. The molecule has 0 saturated carbocycles. The number of fused-ring (bicyclic) bond motifs is 2. The van der Waals surface area contributed by atoms with E-state index in [1.807, 2.05) is 60.3 Å². The minimum atomic E-state index is 0.667. The van der Waals surface area contributed by atoms with Gasteiger partial charge in [0.1, 0.15) is 6.07 Å². The first-order valence-corrected chi connectivity index (χ1v) is 14.3. The molecule has 0 amide bonds. The molecule has 0 unspecified atom stereocenters. The van der Waals surface area contributed by atoms with Crippen molar-refractivity contribution < 1.29 is 0 Å². The molecule has 2 nitrogen and oxygen atoms in total. The molecular weight excluding hydrogens is 504 g/mol. The Morgan fingerprint density at radius 3 is 1.88 bits per heavy atom. The number of rotatable bonds is 6. The van der Waals surface area contributed by atoms with Crippen molar-refractivity contribution in [3.8, 4) is 6.07 Å². The second-order valence-electron chi connectivity index (χ2n) is 9.59. The first-order chi connectivity index (χ1) is 19.7. The van der Waals surface area contributed by atoms with E-state index in [0.717, 1.165) is 34.4 Å². The highest BCUT2D eigenvalue weighted by molar-refractivity contribution is 7.99. The third-order valence-corrected chi connectivity index (χ3v) is 8.23. The predicted molar refractivity (Wildman–Crippen MR) is 169 cm³/mol. The number of hydrogen-bond donors (Lipinski definition) is 0. The van der Waals surface area contributed by atoms with Crippen LogP contribution in [0.2, 0.25) is 0 Å². The van der Waals surface area contributed by atoms with E-state index in [2.05, 4.69) is 109 Å². The van der Waals surface area contributed by atoms with Gasteiger partial charge in [-0.05, 0) is 59.0 Å². The van der Waals surface area contributed by atoms with E-state index < -0.39 is 0 Å². The van der Waals surface area contributed by atoms with Crippen LogP contribution in [-0.2, 0) is 0 Å². The Morgan fingerprint density at radius 2 is 1.23 bits per heavy atom. The number of allylic oxidation sites excluding steroid dienone is 1. The van der Waals surface area contributed by atoms with Gasteiger partial charge in [0, 0.05) is 21.9 Å². The number of hydrogen-bond acceptors (Lipinski definition) is 3. The number of nitriles is 1. The predicted octanol–water partition coefficient (Wildman–Crippen LogP) is 9.96. The SMILES string of the molecule is CCN1c2ccccc2Sc2cc(/C=C/c3ccc(C(C#N)=C(c4ccccc4)c4ccccc4)cc3)ccc21. The first kappa shape index (κ1) is 25.5. The van der Waals surface area contributed by atoms with Crippen LogP contribution in [0.15, 0.2) is 137 Å². The van der Waals surface area contributed by atoms with Crippen molar-refractivity contribution in [3.05, 3.63) is 155 Å². The maximum atomic E-state index is 10.3. The molecule has 5 aromatic carbocycles. The normalized spacial score (nSPS) is 11.9. The molecule has 0 saturated heterocycles. The van der Waals surface area contributed by atoms with E-state index in [-0.39, 0.29) is 0 Å². The summed E-state index contributed by atoms with van der Waals surface area (Å²) in [4.78, 5) is 4.95. The van der Waals surface area contributed by atoms with Crippen LogP contribution in [0.5, 0.6) is 0 Å². The highest BCUT2D eigenvalue weighted by Gasteiger charge is 2.21. The molecule has 0 fully saturated rings. The average Bonchev–Trinajstić information content (AvgIpc) is 3.02. The van der Waals surface area contributed by atoms with Crippen LogP contribution in [0.25, 0.3) is 23.3 Å². The Balaban J connectivity index is 1.29. The molecule has 0 spiro atoms. The molecule has 6 rings (SSSR count). The number of nitrogens with zero attached hydrogens (tertiary/aromatic N) is 2. The highest BCUT2D eigenvalue weighted by Crippen LogP contribution is 2.48. The molecule has 1 aliphatic rings. The summed E-state index contributed by atoms with van der Waals surface area (Å²) in [6.45, 7) is 3.13. The van der Waals surface area contributed by atoms with Crippen molar-refractivity contribution in [1.29, 1.82) is 5.26 Å². The summed E-state index contributed by atoms with van der Waals surface area (Å²) in [5.74, 6) is 0. The van der Waals surface area contributed by atoms with Gasteiger partial charge in [0.05, 0.1) is 16.9 Å². The molecule has 0 atom stereocenters. The van der Waals surface area contributed by atoms with Gasteiger partial charge in [-0.3, -0.25) is 0 Å². The van der Waals surface area contributed by atoms with Crippen LogP contribution in [0.3, 0.4) is 0 Å². The first-order valence-electron chi connectivity index (χ1n) is 13.5. The number of para-hydroxylation sites is 1. The average molecular weight is 533 g/mol. The molecule has 192 valence electrons. The van der Waals surface area contributed by atoms with E-state index in [9.17, 15) is 5.26 Å². The molecule has 0 radical (unpaired) electrons. The van der Waals surface area contributed by atoms with E-state index >= 15 is 0 Å². The van der Waals surface area contributed by atoms with Crippen LogP contribution < -0.4 is 4.90 Å². The smallest absolute Gasteiger partial charge is 0.100 e. The van der Waals surface area contributed by atoms with Gasteiger partial charge in [0.2, 0.25) is 0 Å². The Morgan fingerprint density at radius 1 is 0.650 bits per heavy atom. The van der Waals surface area contributed by atoms with Crippen molar-refractivity contribution in [2.75, 3.05) is 11.4 Å². The Hall–Kier alpha value is -4.78. The Kier molecular flexibility index (Phi) is 7.35. The maximum Gasteiger partial charge on any atom is 0.100 e. The third kappa shape index (κ3) is 5.10. The summed E-state index contributed by atoms with van der Waals surface area (Å²) in [6.07, 6.45) is 4.29. The molecule has 40 heavy (non-hydrogen) atoms. The van der Waals surface area contributed by atoms with Gasteiger partial charge in [0.25, 0.3) is 0 Å². The molecular formula is C37H28N2S. The van der Waals surface area contributed by atoms with Crippen LogP contribution in [-0.4, -0.2) is 6.54 Å². The van der Waals surface area contributed by atoms with Gasteiger partial charge in [0.15, 0.2) is 0 Å². The fraction of sp³-hybridized carbons (Fsp3) is 0.0541. The molecule has 0 aromatic heterocycles. The van der Waals surface area contributed by atoms with E-state index in [4.69, 9.17) is 0 Å². The maximum absolute atomic E-state index is 10.3. The molecule has 3 heteroatoms. The minimum absolute atomic E-state index is 0.667. The van der Waals surface area contributed by atoms with Crippen molar-refractivity contribution in [1.82, 2.24) is 0 Å². The monoisotopic (exact) mass is 532 g/mol. The lowest BCUT2D eigenvalue weighted by Gasteiger charge is -2.32. The standard InChI is InChI=1S/C37H28N2S/c1-2-39-33-15-9-10-16-35(33)40-36-25-28(21-24-34(36)39)18-17-27-19-22-29(23-20-27)32(26-38)37(30-11-5-3-6-12-30)31-13-7-4-8-14-31/h3-25H,2H2,1H3/b18-17+. The van der Waals surface area contributed by atoms with Crippen molar-refractivity contribution in [3.63, 3.8) is 0 Å². The summed E-state index contributed by atoms with van der Waals surface area (Å²) in [5, 5.41) is 10.3. The molecule has 0 N–H and O–H groups in total. The Bertz CT molecular complexity index is 1700. The molecule has 1 aliphatic heterocycles. The van der Waals surface area contributed by atoms with E-state index in [1.165, 1.54) is 26.7 Å². The Labute approximate surface area is 240 Å². The summed E-state index contributed by atoms with van der Waals surface area (Å²) >= 11 is 1.83. The van der Waals surface area contributed by atoms with Crippen LogP contribution in [0.4, 0.5) is 11.4 Å². The lowest BCUT2D eigenvalue weighted by molar-refractivity contribution is 0.979. The number of anilines is 2. The van der Waals surface area contributed by atoms with Gasteiger partial charge in [-0.2, -0.15) is 5.26 Å². The van der Waals surface area contributed by atoms with Crippen LogP contribution in [0.1, 0.15) is 34.7 Å². The molecule has 0 bridgehead atoms. The lowest BCUT2D eigenvalue weighted by Crippen LogP contribution is -2.19. The summed E-state index contributed by atoms with van der Waals surface area (Å²) in [7, 11) is 0. The quantitative estimate of drug-likeness (QED) is 0.161. The summed E-state index contributed by atoms with van der Waals surface area (Å²) in [5.41, 5.74) is 9.38. The molecule has 1 heterocycles. The second kappa shape index (κ2) is 11.5. The van der Waals surface area contributed by atoms with E-state index in [0.29, 0.717) is 5.57 Å². The largest absolute Gasteiger partial charge is 0.340 e. The van der Waals surface area contributed by atoms with Gasteiger partial charge in [-0.25, -0.2) is 0 Å². The van der Waals surface area contributed by atoms with Crippen LogP contribution in [0, 0.1) is 11.3 Å². The topological polar surface area (TPSA) is 27.0 Å².